The number of ether oxygens (including phenoxy) is 1. The van der Waals surface area contributed by atoms with Crippen molar-refractivity contribution in [1.29, 1.82) is 0 Å². The number of hydrogen-bond acceptors (Lipinski definition) is 4. The lowest BCUT2D eigenvalue weighted by molar-refractivity contribution is -0.118. The van der Waals surface area contributed by atoms with Gasteiger partial charge in [-0.1, -0.05) is 0 Å². The molecule has 0 aliphatic carbocycles. The SMILES string of the molecule is CC(C)OCCCNC(=O)CSc1cc(F)ccc1N. The van der Waals surface area contributed by atoms with Crippen molar-refractivity contribution in [3.63, 3.8) is 0 Å². The van der Waals surface area contributed by atoms with Gasteiger partial charge in [-0.25, -0.2) is 4.39 Å². The lowest BCUT2D eigenvalue weighted by atomic mass is 10.3. The predicted octanol–water partition coefficient (Wildman–Crippen LogP) is 2.43. The highest BCUT2D eigenvalue weighted by atomic mass is 32.2. The average molecular weight is 300 g/mol. The van der Waals surface area contributed by atoms with E-state index in [2.05, 4.69) is 5.32 Å². The summed E-state index contributed by atoms with van der Waals surface area (Å²) in [5, 5.41) is 2.79. The number of hydrogen-bond donors (Lipinski definition) is 2. The Hall–Kier alpha value is -1.27. The highest BCUT2D eigenvalue weighted by Crippen LogP contribution is 2.25. The molecule has 0 unspecified atom stereocenters. The lowest BCUT2D eigenvalue weighted by Gasteiger charge is -2.09. The number of nitrogen functional groups attached to an aromatic ring is 1. The molecule has 0 aliphatic rings. The molecule has 1 rings (SSSR count). The molecule has 20 heavy (non-hydrogen) atoms. The number of amides is 1. The molecule has 0 atom stereocenters. The first kappa shape index (κ1) is 16.8. The van der Waals surface area contributed by atoms with E-state index in [-0.39, 0.29) is 23.6 Å². The highest BCUT2D eigenvalue weighted by Gasteiger charge is 2.06. The Morgan fingerprint density at radius 1 is 1.50 bits per heavy atom. The Morgan fingerprint density at radius 3 is 2.95 bits per heavy atom. The molecule has 112 valence electrons. The van der Waals surface area contributed by atoms with E-state index in [0.29, 0.717) is 23.7 Å². The van der Waals surface area contributed by atoms with Crippen LogP contribution in [-0.4, -0.2) is 30.9 Å². The smallest absolute Gasteiger partial charge is 0.230 e. The lowest BCUT2D eigenvalue weighted by Crippen LogP contribution is -2.27. The molecule has 0 fully saturated rings. The fourth-order valence-corrected chi connectivity index (χ4v) is 2.27. The topological polar surface area (TPSA) is 64.3 Å². The summed E-state index contributed by atoms with van der Waals surface area (Å²) in [5.74, 6) is -0.227. The maximum atomic E-state index is 13.0. The van der Waals surface area contributed by atoms with Crippen molar-refractivity contribution in [2.45, 2.75) is 31.3 Å². The number of thioether (sulfide) groups is 1. The number of carbonyl (C=O) groups excluding carboxylic acids is 1. The molecule has 0 saturated carbocycles. The Bertz CT molecular complexity index is 441. The van der Waals surface area contributed by atoms with E-state index < -0.39 is 0 Å². The van der Waals surface area contributed by atoms with Gasteiger partial charge < -0.3 is 15.8 Å². The zero-order chi connectivity index (χ0) is 15.0. The van der Waals surface area contributed by atoms with E-state index in [1.54, 1.807) is 0 Å². The third kappa shape index (κ3) is 6.77. The van der Waals surface area contributed by atoms with Gasteiger partial charge in [0.15, 0.2) is 0 Å². The molecule has 0 aromatic heterocycles. The van der Waals surface area contributed by atoms with Crippen LogP contribution in [0.4, 0.5) is 10.1 Å². The maximum absolute atomic E-state index is 13.0. The third-order valence-corrected chi connectivity index (χ3v) is 3.50. The Kier molecular flexibility index (Phi) is 7.40. The summed E-state index contributed by atoms with van der Waals surface area (Å²) >= 11 is 1.23. The van der Waals surface area contributed by atoms with Gasteiger partial charge in [-0.3, -0.25) is 4.79 Å². The molecule has 1 aromatic rings. The number of carbonyl (C=O) groups is 1. The van der Waals surface area contributed by atoms with Crippen molar-refractivity contribution in [3.05, 3.63) is 24.0 Å². The minimum Gasteiger partial charge on any atom is -0.398 e. The van der Waals surface area contributed by atoms with E-state index >= 15 is 0 Å². The van der Waals surface area contributed by atoms with E-state index in [0.717, 1.165) is 6.42 Å². The molecule has 6 heteroatoms. The zero-order valence-corrected chi connectivity index (χ0v) is 12.6. The highest BCUT2D eigenvalue weighted by molar-refractivity contribution is 8.00. The Balaban J connectivity index is 2.21. The first-order valence-corrected chi connectivity index (χ1v) is 7.53. The van der Waals surface area contributed by atoms with Crippen LogP contribution in [0.25, 0.3) is 0 Å². The van der Waals surface area contributed by atoms with Gasteiger partial charge >= 0.3 is 0 Å². The van der Waals surface area contributed by atoms with Crippen LogP contribution in [0.15, 0.2) is 23.1 Å². The Morgan fingerprint density at radius 2 is 2.25 bits per heavy atom. The molecular weight excluding hydrogens is 279 g/mol. The van der Waals surface area contributed by atoms with Crippen LogP contribution >= 0.6 is 11.8 Å². The number of benzene rings is 1. The summed E-state index contributed by atoms with van der Waals surface area (Å²) in [4.78, 5) is 12.2. The molecule has 0 saturated heterocycles. The fourth-order valence-electron chi connectivity index (χ4n) is 1.45. The number of rotatable bonds is 8. The molecule has 1 aromatic carbocycles. The van der Waals surface area contributed by atoms with E-state index in [9.17, 15) is 9.18 Å². The molecular formula is C14H21FN2O2S. The monoisotopic (exact) mass is 300 g/mol. The van der Waals surface area contributed by atoms with E-state index in [4.69, 9.17) is 10.5 Å². The van der Waals surface area contributed by atoms with Gasteiger partial charge in [0.25, 0.3) is 0 Å². The molecule has 0 bridgehead atoms. The van der Waals surface area contributed by atoms with Crippen LogP contribution in [0.3, 0.4) is 0 Å². The van der Waals surface area contributed by atoms with Gasteiger partial charge in [0, 0.05) is 23.7 Å². The van der Waals surface area contributed by atoms with Gasteiger partial charge in [-0.15, -0.1) is 11.8 Å². The van der Waals surface area contributed by atoms with Crippen LogP contribution in [0, 0.1) is 5.82 Å². The summed E-state index contributed by atoms with van der Waals surface area (Å²) in [5.41, 5.74) is 6.19. The molecule has 3 N–H and O–H groups in total. The minimum atomic E-state index is -0.354. The molecule has 4 nitrogen and oxygen atoms in total. The van der Waals surface area contributed by atoms with Gasteiger partial charge in [0.05, 0.1) is 11.9 Å². The van der Waals surface area contributed by atoms with Crippen LogP contribution in [0.2, 0.25) is 0 Å². The minimum absolute atomic E-state index is 0.0943. The third-order valence-electron chi connectivity index (χ3n) is 2.43. The summed E-state index contributed by atoms with van der Waals surface area (Å²) in [6.45, 7) is 5.14. The largest absolute Gasteiger partial charge is 0.398 e. The number of nitrogens with two attached hydrogens (primary N) is 1. The van der Waals surface area contributed by atoms with Gasteiger partial charge in [-0.05, 0) is 38.5 Å². The van der Waals surface area contributed by atoms with Gasteiger partial charge in [-0.2, -0.15) is 0 Å². The first-order chi connectivity index (χ1) is 9.49. The van der Waals surface area contributed by atoms with Crippen LogP contribution in [0.5, 0.6) is 0 Å². The van der Waals surface area contributed by atoms with Crippen LogP contribution in [-0.2, 0) is 9.53 Å². The van der Waals surface area contributed by atoms with Crippen LogP contribution < -0.4 is 11.1 Å². The van der Waals surface area contributed by atoms with Crippen molar-refractivity contribution in [1.82, 2.24) is 5.32 Å². The number of anilines is 1. The van der Waals surface area contributed by atoms with Gasteiger partial charge in [0.1, 0.15) is 5.82 Å². The van der Waals surface area contributed by atoms with Crippen LogP contribution in [0.1, 0.15) is 20.3 Å². The van der Waals surface area contributed by atoms with Crippen molar-refractivity contribution < 1.29 is 13.9 Å². The van der Waals surface area contributed by atoms with E-state index in [1.165, 1.54) is 30.0 Å². The first-order valence-electron chi connectivity index (χ1n) is 6.55. The molecule has 0 spiro atoms. The van der Waals surface area contributed by atoms with Crippen molar-refractivity contribution >= 4 is 23.4 Å². The summed E-state index contributed by atoms with van der Waals surface area (Å²) in [6, 6.07) is 4.14. The second-order valence-corrected chi connectivity index (χ2v) is 5.61. The van der Waals surface area contributed by atoms with Crippen molar-refractivity contribution in [3.8, 4) is 0 Å². The summed E-state index contributed by atoms with van der Waals surface area (Å²) in [7, 11) is 0. The number of halogens is 1. The predicted molar refractivity (Wildman–Crippen MR) is 80.3 cm³/mol. The molecule has 0 heterocycles. The molecule has 0 aliphatic heterocycles. The average Bonchev–Trinajstić information content (AvgIpc) is 2.39. The van der Waals surface area contributed by atoms with Crippen molar-refractivity contribution in [2.24, 2.45) is 0 Å². The molecule has 1 amide bonds. The maximum Gasteiger partial charge on any atom is 0.230 e. The molecule has 0 radical (unpaired) electrons. The summed E-state index contributed by atoms with van der Waals surface area (Å²) in [6.07, 6.45) is 0.980. The second kappa shape index (κ2) is 8.81. The Labute approximate surface area is 123 Å². The fraction of sp³-hybridized carbons (Fsp3) is 0.500. The van der Waals surface area contributed by atoms with E-state index in [1.807, 2.05) is 13.8 Å². The summed E-state index contributed by atoms with van der Waals surface area (Å²) < 4.78 is 18.4. The normalized spacial score (nSPS) is 10.8. The van der Waals surface area contributed by atoms with Crippen molar-refractivity contribution in [2.75, 3.05) is 24.6 Å². The van der Waals surface area contributed by atoms with Gasteiger partial charge in [0.2, 0.25) is 5.91 Å². The quantitative estimate of drug-likeness (QED) is 0.440. The number of nitrogens with one attached hydrogen (secondary N) is 1. The standard InChI is InChI=1S/C14H21FN2O2S/c1-10(2)19-7-3-6-17-14(18)9-20-13-8-11(15)4-5-12(13)16/h4-5,8,10H,3,6-7,9,16H2,1-2H3,(H,17,18). The second-order valence-electron chi connectivity index (χ2n) is 4.59. The zero-order valence-electron chi connectivity index (χ0n) is 11.8.